The van der Waals surface area contributed by atoms with Crippen molar-refractivity contribution in [2.24, 2.45) is 0 Å². The van der Waals surface area contributed by atoms with Crippen LogP contribution >= 0.6 is 11.6 Å². The van der Waals surface area contributed by atoms with Gasteiger partial charge in [0.1, 0.15) is 0 Å². The standard InChI is InChI=1S/C20H17ClO4/c1-24-19-9-13(6-7-18(19)22)8-15-11-25-12-16(20(15)23)10-14-4-2-3-5-17(14)21/h2-10,22H,11-12H2,1H3/b15-8+,16-10+. The number of rotatable bonds is 3. The summed E-state index contributed by atoms with van der Waals surface area (Å²) in [5.74, 6) is 0.332. The van der Waals surface area contributed by atoms with Gasteiger partial charge in [-0.1, -0.05) is 35.9 Å². The van der Waals surface area contributed by atoms with E-state index < -0.39 is 0 Å². The van der Waals surface area contributed by atoms with E-state index in [1.807, 2.05) is 18.2 Å². The van der Waals surface area contributed by atoms with Crippen LogP contribution in [0.5, 0.6) is 11.5 Å². The highest BCUT2D eigenvalue weighted by atomic mass is 35.5. The van der Waals surface area contributed by atoms with Crippen molar-refractivity contribution in [3.8, 4) is 11.5 Å². The summed E-state index contributed by atoms with van der Waals surface area (Å²) < 4.78 is 10.6. The molecule has 0 radical (unpaired) electrons. The summed E-state index contributed by atoms with van der Waals surface area (Å²) in [6, 6.07) is 12.2. The lowest BCUT2D eigenvalue weighted by Gasteiger charge is -2.17. The molecule has 1 fully saturated rings. The number of halogens is 1. The summed E-state index contributed by atoms with van der Waals surface area (Å²) in [5.41, 5.74) is 2.62. The first kappa shape index (κ1) is 17.3. The lowest BCUT2D eigenvalue weighted by Crippen LogP contribution is -2.21. The zero-order chi connectivity index (χ0) is 17.8. The Morgan fingerprint density at radius 2 is 1.84 bits per heavy atom. The highest BCUT2D eigenvalue weighted by Crippen LogP contribution is 2.28. The van der Waals surface area contributed by atoms with E-state index in [-0.39, 0.29) is 24.7 Å². The fraction of sp³-hybridized carbons (Fsp3) is 0.150. The van der Waals surface area contributed by atoms with E-state index in [4.69, 9.17) is 21.1 Å². The molecule has 0 spiro atoms. The van der Waals surface area contributed by atoms with Gasteiger partial charge in [-0.25, -0.2) is 0 Å². The molecule has 0 atom stereocenters. The Hall–Kier alpha value is -2.56. The number of carbonyl (C=O) groups excluding carboxylic acids is 1. The Morgan fingerprint density at radius 3 is 2.56 bits per heavy atom. The van der Waals surface area contributed by atoms with E-state index in [9.17, 15) is 9.90 Å². The van der Waals surface area contributed by atoms with Crippen LogP contribution in [0.2, 0.25) is 5.02 Å². The number of methoxy groups -OCH3 is 1. The van der Waals surface area contributed by atoms with Crippen LogP contribution in [-0.4, -0.2) is 31.2 Å². The van der Waals surface area contributed by atoms with Gasteiger partial charge in [0.05, 0.1) is 20.3 Å². The summed E-state index contributed by atoms with van der Waals surface area (Å²) in [5, 5.41) is 10.3. The van der Waals surface area contributed by atoms with E-state index in [0.29, 0.717) is 21.9 Å². The van der Waals surface area contributed by atoms with Gasteiger partial charge in [-0.2, -0.15) is 0 Å². The van der Waals surface area contributed by atoms with Gasteiger partial charge in [0.2, 0.25) is 0 Å². The molecule has 128 valence electrons. The Balaban J connectivity index is 1.91. The minimum Gasteiger partial charge on any atom is -0.504 e. The van der Waals surface area contributed by atoms with E-state index in [1.165, 1.54) is 13.2 Å². The number of hydrogen-bond acceptors (Lipinski definition) is 4. The van der Waals surface area contributed by atoms with E-state index in [2.05, 4.69) is 0 Å². The van der Waals surface area contributed by atoms with Gasteiger partial charge in [0, 0.05) is 16.2 Å². The molecule has 4 nitrogen and oxygen atoms in total. The fourth-order valence-electron chi connectivity index (χ4n) is 2.59. The number of benzene rings is 2. The molecule has 0 aliphatic carbocycles. The van der Waals surface area contributed by atoms with Crippen molar-refractivity contribution in [2.75, 3.05) is 20.3 Å². The number of phenolic OH excluding ortho intramolecular Hbond substituents is 1. The Kier molecular flexibility index (Phi) is 5.22. The van der Waals surface area contributed by atoms with Crippen molar-refractivity contribution in [3.05, 3.63) is 69.8 Å². The molecule has 1 heterocycles. The van der Waals surface area contributed by atoms with Crippen LogP contribution < -0.4 is 4.74 Å². The van der Waals surface area contributed by atoms with Gasteiger partial charge in [-0.3, -0.25) is 4.79 Å². The number of hydrogen-bond donors (Lipinski definition) is 1. The normalized spacial score (nSPS) is 17.9. The molecule has 2 aromatic carbocycles. The second-order valence-corrected chi connectivity index (χ2v) is 6.02. The third-order valence-electron chi connectivity index (χ3n) is 3.88. The first-order valence-electron chi connectivity index (χ1n) is 7.73. The summed E-state index contributed by atoms with van der Waals surface area (Å²) in [6.07, 6.45) is 3.50. The van der Waals surface area contributed by atoms with E-state index in [1.54, 1.807) is 30.4 Å². The van der Waals surface area contributed by atoms with Crippen LogP contribution in [0.15, 0.2) is 53.6 Å². The van der Waals surface area contributed by atoms with Crippen LogP contribution in [0.25, 0.3) is 12.2 Å². The molecule has 1 aliphatic rings. The Morgan fingerprint density at radius 1 is 1.12 bits per heavy atom. The molecule has 1 aliphatic heterocycles. The van der Waals surface area contributed by atoms with Gasteiger partial charge in [-0.05, 0) is 41.5 Å². The van der Waals surface area contributed by atoms with Gasteiger partial charge in [-0.15, -0.1) is 0 Å². The fourth-order valence-corrected chi connectivity index (χ4v) is 2.78. The Bertz CT molecular complexity index is 868. The molecule has 0 amide bonds. The number of ketones is 1. The SMILES string of the molecule is COc1cc(/C=C2\COC/C(=C\c3ccccc3Cl)C2=O)ccc1O. The minimum atomic E-state index is -0.0711. The highest BCUT2D eigenvalue weighted by Gasteiger charge is 2.21. The van der Waals surface area contributed by atoms with Crippen LogP contribution in [0.4, 0.5) is 0 Å². The average Bonchev–Trinajstić information content (AvgIpc) is 2.62. The molecular weight excluding hydrogens is 340 g/mol. The predicted molar refractivity (Wildman–Crippen MR) is 97.9 cm³/mol. The number of Topliss-reactive ketones (excluding diaryl/α,β-unsaturated/α-hetero) is 1. The first-order valence-corrected chi connectivity index (χ1v) is 8.11. The van der Waals surface area contributed by atoms with Gasteiger partial charge in [0.15, 0.2) is 17.3 Å². The smallest absolute Gasteiger partial charge is 0.189 e. The summed E-state index contributed by atoms with van der Waals surface area (Å²) in [6.45, 7) is 0.488. The zero-order valence-electron chi connectivity index (χ0n) is 13.7. The molecule has 25 heavy (non-hydrogen) atoms. The van der Waals surface area contributed by atoms with Crippen LogP contribution in [0, 0.1) is 0 Å². The predicted octanol–water partition coefficient (Wildman–Crippen LogP) is 4.12. The molecule has 5 heteroatoms. The van der Waals surface area contributed by atoms with Crippen molar-refractivity contribution < 1.29 is 19.4 Å². The van der Waals surface area contributed by atoms with Crippen molar-refractivity contribution in [1.29, 1.82) is 0 Å². The molecule has 1 saturated heterocycles. The zero-order valence-corrected chi connectivity index (χ0v) is 14.4. The van der Waals surface area contributed by atoms with Crippen LogP contribution in [0.3, 0.4) is 0 Å². The molecule has 0 aromatic heterocycles. The maximum absolute atomic E-state index is 12.7. The third-order valence-corrected chi connectivity index (χ3v) is 4.22. The van der Waals surface area contributed by atoms with Crippen molar-refractivity contribution >= 4 is 29.5 Å². The topological polar surface area (TPSA) is 55.8 Å². The maximum Gasteiger partial charge on any atom is 0.189 e. The van der Waals surface area contributed by atoms with Gasteiger partial charge in [0.25, 0.3) is 0 Å². The van der Waals surface area contributed by atoms with Crippen LogP contribution in [-0.2, 0) is 9.53 Å². The van der Waals surface area contributed by atoms with E-state index in [0.717, 1.165) is 11.1 Å². The monoisotopic (exact) mass is 356 g/mol. The molecule has 3 rings (SSSR count). The lowest BCUT2D eigenvalue weighted by molar-refractivity contribution is -0.114. The second kappa shape index (κ2) is 7.55. The highest BCUT2D eigenvalue weighted by molar-refractivity contribution is 6.32. The third kappa shape index (κ3) is 3.92. The number of aromatic hydroxyl groups is 1. The Labute approximate surface area is 151 Å². The number of ether oxygens (including phenoxy) is 2. The van der Waals surface area contributed by atoms with Crippen molar-refractivity contribution in [3.63, 3.8) is 0 Å². The summed E-state index contributed by atoms with van der Waals surface area (Å²) in [7, 11) is 1.48. The quantitative estimate of drug-likeness (QED) is 0.840. The van der Waals surface area contributed by atoms with Gasteiger partial charge >= 0.3 is 0 Å². The maximum atomic E-state index is 12.7. The second-order valence-electron chi connectivity index (χ2n) is 5.61. The molecule has 0 bridgehead atoms. The summed E-state index contributed by atoms with van der Waals surface area (Å²) >= 11 is 6.16. The lowest BCUT2D eigenvalue weighted by atomic mass is 9.98. The molecule has 0 saturated carbocycles. The molecule has 0 unspecified atom stereocenters. The van der Waals surface area contributed by atoms with Gasteiger partial charge < -0.3 is 14.6 Å². The minimum absolute atomic E-state index is 0.0511. The molecule has 1 N–H and O–H groups in total. The average molecular weight is 357 g/mol. The van der Waals surface area contributed by atoms with Crippen molar-refractivity contribution in [1.82, 2.24) is 0 Å². The molecular formula is C20H17ClO4. The van der Waals surface area contributed by atoms with E-state index >= 15 is 0 Å². The number of carbonyl (C=O) groups is 1. The molecule has 2 aromatic rings. The summed E-state index contributed by atoms with van der Waals surface area (Å²) in [4.78, 5) is 12.7. The van der Waals surface area contributed by atoms with Crippen LogP contribution in [0.1, 0.15) is 11.1 Å². The largest absolute Gasteiger partial charge is 0.504 e. The van der Waals surface area contributed by atoms with Crippen molar-refractivity contribution in [2.45, 2.75) is 0 Å². The first-order chi connectivity index (χ1) is 12.1. The number of phenols is 1.